The molecule has 1 atom stereocenters. The van der Waals surface area contributed by atoms with E-state index >= 15 is 0 Å². The van der Waals surface area contributed by atoms with Crippen LogP contribution in [-0.4, -0.2) is 18.5 Å². The highest BCUT2D eigenvalue weighted by atomic mass is 19.1. The second kappa shape index (κ2) is 6.14. The van der Waals surface area contributed by atoms with Gasteiger partial charge in [0.1, 0.15) is 5.82 Å². The van der Waals surface area contributed by atoms with Gasteiger partial charge in [0.15, 0.2) is 6.54 Å². The molecule has 4 aliphatic carbocycles. The fourth-order valence-electron chi connectivity index (χ4n) is 6.01. The summed E-state index contributed by atoms with van der Waals surface area (Å²) >= 11 is 0. The average Bonchev–Trinajstić information content (AvgIpc) is 2.53. The fraction of sp³-hybridized carbons (Fsp3) is 0.650. The molecule has 3 nitrogen and oxygen atoms in total. The maximum Gasteiger partial charge on any atom is 0.279 e. The van der Waals surface area contributed by atoms with E-state index in [-0.39, 0.29) is 11.7 Å². The normalized spacial score (nSPS) is 35.0. The lowest BCUT2D eigenvalue weighted by molar-refractivity contribution is -0.692. The molecule has 0 aliphatic heterocycles. The highest BCUT2D eigenvalue weighted by Crippen LogP contribution is 2.60. The molecule has 4 aliphatic rings. The van der Waals surface area contributed by atoms with Gasteiger partial charge in [-0.1, -0.05) is 0 Å². The van der Waals surface area contributed by atoms with E-state index in [1.165, 1.54) is 50.7 Å². The highest BCUT2D eigenvalue weighted by Gasteiger charge is 2.54. The zero-order valence-electron chi connectivity index (χ0n) is 14.4. The highest BCUT2D eigenvalue weighted by molar-refractivity contribution is 5.91. The average molecular weight is 331 g/mol. The second-order valence-corrected chi connectivity index (χ2v) is 8.56. The SMILES string of the molecule is C[C@H]([NH2+]CC(=O)Nc1ccc(F)cc1)C12CC3CC(CC(C3)C1)C2. The first-order chi connectivity index (χ1) is 11.5. The Labute approximate surface area is 143 Å². The van der Waals surface area contributed by atoms with Gasteiger partial charge in [0.2, 0.25) is 0 Å². The Hall–Kier alpha value is -1.42. The summed E-state index contributed by atoms with van der Waals surface area (Å²) in [5.41, 5.74) is 1.13. The molecular weight excluding hydrogens is 303 g/mol. The van der Waals surface area contributed by atoms with E-state index in [9.17, 15) is 9.18 Å². The summed E-state index contributed by atoms with van der Waals surface area (Å²) in [7, 11) is 0. The van der Waals surface area contributed by atoms with Gasteiger partial charge in [-0.2, -0.15) is 0 Å². The third kappa shape index (κ3) is 3.08. The van der Waals surface area contributed by atoms with Crippen LogP contribution < -0.4 is 10.6 Å². The molecule has 3 N–H and O–H groups in total. The van der Waals surface area contributed by atoms with Gasteiger partial charge in [-0.15, -0.1) is 0 Å². The maximum absolute atomic E-state index is 12.9. The molecule has 0 radical (unpaired) electrons. The van der Waals surface area contributed by atoms with Crippen molar-refractivity contribution in [1.29, 1.82) is 0 Å². The van der Waals surface area contributed by atoms with Crippen LogP contribution >= 0.6 is 0 Å². The molecule has 1 amide bonds. The molecule has 4 fully saturated rings. The third-order valence-electron chi connectivity index (χ3n) is 6.84. The summed E-state index contributed by atoms with van der Waals surface area (Å²) in [5.74, 6) is 2.55. The van der Waals surface area contributed by atoms with Crippen molar-refractivity contribution in [2.24, 2.45) is 23.2 Å². The van der Waals surface area contributed by atoms with Crippen molar-refractivity contribution < 1.29 is 14.5 Å². The van der Waals surface area contributed by atoms with Crippen molar-refractivity contribution in [3.05, 3.63) is 30.1 Å². The van der Waals surface area contributed by atoms with Gasteiger partial charge in [-0.25, -0.2) is 4.39 Å². The van der Waals surface area contributed by atoms with Crippen molar-refractivity contribution in [2.75, 3.05) is 11.9 Å². The lowest BCUT2D eigenvalue weighted by Gasteiger charge is -2.57. The third-order valence-corrected chi connectivity index (χ3v) is 6.84. The van der Waals surface area contributed by atoms with Gasteiger partial charge >= 0.3 is 0 Å². The molecule has 4 bridgehead atoms. The van der Waals surface area contributed by atoms with Crippen LogP contribution in [0, 0.1) is 29.0 Å². The summed E-state index contributed by atoms with van der Waals surface area (Å²) in [6, 6.07) is 6.46. The van der Waals surface area contributed by atoms with Crippen molar-refractivity contribution in [2.45, 2.75) is 51.5 Å². The quantitative estimate of drug-likeness (QED) is 0.856. The molecule has 0 saturated heterocycles. The van der Waals surface area contributed by atoms with Crippen molar-refractivity contribution in [3.63, 3.8) is 0 Å². The molecule has 1 aromatic carbocycles. The standard InChI is InChI=1S/C20H27FN2O/c1-13(20-9-14-6-15(10-20)8-16(7-14)11-20)22-12-19(24)23-18-4-2-17(21)3-5-18/h2-5,13-16,22H,6-12H2,1H3,(H,23,24)/p+1/t13-,14?,15?,16?,20?/m0/s1. The van der Waals surface area contributed by atoms with Gasteiger partial charge in [0.05, 0.1) is 6.04 Å². The molecule has 130 valence electrons. The number of halogens is 1. The lowest BCUT2D eigenvalue weighted by Crippen LogP contribution is -2.94. The topological polar surface area (TPSA) is 45.7 Å². The Balaban J connectivity index is 1.32. The number of nitrogens with two attached hydrogens (primary N) is 1. The Morgan fingerprint density at radius 1 is 1.17 bits per heavy atom. The van der Waals surface area contributed by atoms with Crippen LogP contribution in [0.5, 0.6) is 0 Å². The Bertz CT molecular complexity index is 577. The minimum atomic E-state index is -0.282. The van der Waals surface area contributed by atoms with Crippen LogP contribution in [0.1, 0.15) is 45.4 Å². The molecule has 4 heteroatoms. The minimum absolute atomic E-state index is 0.00168. The fourth-order valence-corrected chi connectivity index (χ4v) is 6.01. The Morgan fingerprint density at radius 2 is 1.71 bits per heavy atom. The van der Waals surface area contributed by atoms with E-state index in [1.54, 1.807) is 12.1 Å². The van der Waals surface area contributed by atoms with Gasteiger partial charge < -0.3 is 10.6 Å². The zero-order valence-corrected chi connectivity index (χ0v) is 14.4. The summed E-state index contributed by atoms with van der Waals surface area (Å²) < 4.78 is 12.9. The summed E-state index contributed by atoms with van der Waals surface area (Å²) in [4.78, 5) is 12.2. The molecule has 24 heavy (non-hydrogen) atoms. The van der Waals surface area contributed by atoms with Crippen molar-refractivity contribution in [3.8, 4) is 0 Å². The zero-order chi connectivity index (χ0) is 16.7. The first-order valence-corrected chi connectivity index (χ1v) is 9.41. The number of nitrogens with one attached hydrogen (secondary N) is 1. The summed E-state index contributed by atoms with van der Waals surface area (Å²) in [6.07, 6.45) is 8.48. The first-order valence-electron chi connectivity index (χ1n) is 9.41. The van der Waals surface area contributed by atoms with Crippen LogP contribution in [-0.2, 0) is 4.79 Å². The van der Waals surface area contributed by atoms with E-state index in [1.807, 2.05) is 0 Å². The number of hydrogen-bond acceptors (Lipinski definition) is 1. The Morgan fingerprint density at radius 3 is 2.25 bits per heavy atom. The molecule has 0 heterocycles. The molecule has 0 aromatic heterocycles. The molecular formula is C20H28FN2O+. The number of carbonyl (C=O) groups is 1. The predicted octanol–water partition coefficient (Wildman–Crippen LogP) is 2.93. The van der Waals surface area contributed by atoms with Crippen LogP contribution in [0.25, 0.3) is 0 Å². The van der Waals surface area contributed by atoms with Gasteiger partial charge in [0.25, 0.3) is 5.91 Å². The number of hydrogen-bond donors (Lipinski definition) is 2. The molecule has 5 rings (SSSR count). The predicted molar refractivity (Wildman–Crippen MR) is 91.9 cm³/mol. The summed E-state index contributed by atoms with van der Waals surface area (Å²) in [6.45, 7) is 2.76. The van der Waals surface area contributed by atoms with Gasteiger partial charge in [-0.05, 0) is 87.5 Å². The van der Waals surface area contributed by atoms with E-state index in [2.05, 4.69) is 17.6 Å². The van der Waals surface area contributed by atoms with Crippen LogP contribution in [0.4, 0.5) is 10.1 Å². The monoisotopic (exact) mass is 331 g/mol. The minimum Gasteiger partial charge on any atom is -0.336 e. The number of benzene rings is 1. The van der Waals surface area contributed by atoms with Gasteiger partial charge in [0, 0.05) is 11.1 Å². The van der Waals surface area contributed by atoms with Gasteiger partial charge in [-0.3, -0.25) is 4.79 Å². The summed E-state index contributed by atoms with van der Waals surface area (Å²) in [5, 5.41) is 5.09. The maximum atomic E-state index is 12.9. The second-order valence-electron chi connectivity index (χ2n) is 8.56. The van der Waals surface area contributed by atoms with Crippen molar-refractivity contribution >= 4 is 11.6 Å². The largest absolute Gasteiger partial charge is 0.336 e. The molecule has 4 saturated carbocycles. The molecule has 0 unspecified atom stereocenters. The number of rotatable bonds is 5. The molecule has 0 spiro atoms. The number of carbonyl (C=O) groups excluding carboxylic acids is 1. The van der Waals surface area contributed by atoms with E-state index in [4.69, 9.17) is 0 Å². The number of quaternary nitrogens is 1. The smallest absolute Gasteiger partial charge is 0.279 e. The lowest BCUT2D eigenvalue weighted by atomic mass is 9.48. The van der Waals surface area contributed by atoms with E-state index in [0.29, 0.717) is 23.7 Å². The first kappa shape index (κ1) is 16.1. The Kier molecular flexibility index (Phi) is 4.11. The van der Waals surface area contributed by atoms with Crippen LogP contribution in [0.15, 0.2) is 24.3 Å². The van der Waals surface area contributed by atoms with Crippen molar-refractivity contribution in [1.82, 2.24) is 0 Å². The van der Waals surface area contributed by atoms with E-state index in [0.717, 1.165) is 17.8 Å². The van der Waals surface area contributed by atoms with Crippen LogP contribution in [0.3, 0.4) is 0 Å². The molecule has 1 aromatic rings. The van der Waals surface area contributed by atoms with E-state index < -0.39 is 0 Å². The van der Waals surface area contributed by atoms with Crippen LogP contribution in [0.2, 0.25) is 0 Å². The number of amides is 1. The number of anilines is 1.